The third-order valence-electron chi connectivity index (χ3n) is 4.70. The second-order valence-electron chi connectivity index (χ2n) is 7.06. The number of hydrogen-bond donors (Lipinski definition) is 5. The van der Waals surface area contributed by atoms with Gasteiger partial charge in [-0.3, -0.25) is 4.79 Å². The Kier molecular flexibility index (Phi) is 9.45. The van der Waals surface area contributed by atoms with E-state index in [0.717, 1.165) is 11.6 Å². The van der Waals surface area contributed by atoms with Gasteiger partial charge in [-0.15, -0.1) is 0 Å². The topological polar surface area (TPSA) is 145 Å². The van der Waals surface area contributed by atoms with Crippen LogP contribution in [0.1, 0.15) is 21.5 Å². The second-order valence-corrected chi connectivity index (χ2v) is 7.06. The summed E-state index contributed by atoms with van der Waals surface area (Å²) in [5.41, 5.74) is 2.16. The summed E-state index contributed by atoms with van der Waals surface area (Å²) in [6.07, 6.45) is -4.39. The minimum Gasteiger partial charge on any atom is -0.460 e. The summed E-state index contributed by atoms with van der Waals surface area (Å²) in [6, 6.07) is 15.6. The number of benzene rings is 2. The van der Waals surface area contributed by atoms with Crippen LogP contribution in [0.25, 0.3) is 11.6 Å². The Bertz CT molecular complexity index is 936. The van der Waals surface area contributed by atoms with Gasteiger partial charge in [0.15, 0.2) is 5.78 Å². The van der Waals surface area contributed by atoms with Crippen LogP contribution in [0.3, 0.4) is 0 Å². The van der Waals surface area contributed by atoms with Crippen LogP contribution in [0.4, 0.5) is 0 Å². The van der Waals surface area contributed by atoms with Gasteiger partial charge in [0.2, 0.25) is 0 Å². The molecule has 2 rings (SSSR count). The maximum atomic E-state index is 12.6. The minimum atomic E-state index is -1.82. The van der Waals surface area contributed by atoms with Crippen LogP contribution in [0.2, 0.25) is 0 Å². The van der Waals surface area contributed by atoms with Gasteiger partial charge in [0, 0.05) is 17.2 Å². The van der Waals surface area contributed by atoms with E-state index >= 15 is 0 Å². The zero-order chi connectivity index (χ0) is 23.7. The van der Waals surface area contributed by atoms with Gasteiger partial charge in [-0.2, -0.15) is 0 Å². The predicted octanol–water partition coefficient (Wildman–Crippen LogP) is 0.575. The third kappa shape index (κ3) is 6.94. The molecule has 170 valence electrons. The molecule has 8 nitrogen and oxygen atoms in total. The van der Waals surface area contributed by atoms with E-state index in [9.17, 15) is 30.0 Å². The molecule has 5 N–H and O–H groups in total. The number of allylic oxidation sites excluding steroid dienone is 1. The summed E-state index contributed by atoms with van der Waals surface area (Å²) in [5.74, 6) is -1.03. The Balaban J connectivity index is 1.89. The van der Waals surface area contributed by atoms with E-state index in [1.54, 1.807) is 36.4 Å². The highest BCUT2D eigenvalue weighted by molar-refractivity contribution is 6.28. The standard InChI is InChI=1S/C24H26O8/c1-15(17-5-3-2-4-6-17)22(29)18-10-7-16(8-11-18)9-12-21(28)32-14-20(27)24(31)23(30)19(26)13-25/h2-12,19-20,23-27,30-31H,1,13-14H2/b12-9+/t19-,20+,23-,24?/m1/s1. The molecule has 0 spiro atoms. The van der Waals surface area contributed by atoms with E-state index in [1.165, 1.54) is 6.08 Å². The van der Waals surface area contributed by atoms with Gasteiger partial charge in [0.1, 0.15) is 31.0 Å². The molecular weight excluding hydrogens is 416 g/mol. The van der Waals surface area contributed by atoms with E-state index < -0.39 is 43.6 Å². The summed E-state index contributed by atoms with van der Waals surface area (Å²) in [7, 11) is 0. The molecular formula is C24H26O8. The fraction of sp³-hybridized carbons (Fsp3) is 0.250. The van der Waals surface area contributed by atoms with Crippen LogP contribution < -0.4 is 0 Å². The highest BCUT2D eigenvalue weighted by Crippen LogP contribution is 2.18. The van der Waals surface area contributed by atoms with Crippen molar-refractivity contribution in [2.75, 3.05) is 13.2 Å². The molecule has 0 bridgehead atoms. The fourth-order valence-corrected chi connectivity index (χ4v) is 2.73. The Morgan fingerprint density at radius 1 is 0.875 bits per heavy atom. The maximum Gasteiger partial charge on any atom is 0.330 e. The maximum absolute atomic E-state index is 12.6. The van der Waals surface area contributed by atoms with Gasteiger partial charge in [0.05, 0.1) is 6.61 Å². The second kappa shape index (κ2) is 12.0. The zero-order valence-electron chi connectivity index (χ0n) is 17.2. The number of ether oxygens (including phenoxy) is 1. The number of Topliss-reactive ketones (excluding diaryl/α,β-unsaturated/α-hetero) is 1. The Morgan fingerprint density at radius 3 is 2.06 bits per heavy atom. The molecule has 4 atom stereocenters. The largest absolute Gasteiger partial charge is 0.460 e. The van der Waals surface area contributed by atoms with E-state index in [0.29, 0.717) is 16.7 Å². The Hall–Kier alpha value is -3.14. The highest BCUT2D eigenvalue weighted by atomic mass is 16.5. The molecule has 0 aromatic heterocycles. The quantitative estimate of drug-likeness (QED) is 0.193. The van der Waals surface area contributed by atoms with Crippen molar-refractivity contribution in [2.45, 2.75) is 24.4 Å². The van der Waals surface area contributed by atoms with Crippen LogP contribution in [0, 0.1) is 0 Å². The molecule has 0 aliphatic carbocycles. The molecule has 0 fully saturated rings. The molecule has 32 heavy (non-hydrogen) atoms. The van der Waals surface area contributed by atoms with Gasteiger partial charge < -0.3 is 30.3 Å². The molecule has 2 aromatic carbocycles. The summed E-state index contributed by atoms with van der Waals surface area (Å²) in [6.45, 7) is 2.41. The average Bonchev–Trinajstić information content (AvgIpc) is 2.84. The van der Waals surface area contributed by atoms with Crippen molar-refractivity contribution < 1.29 is 39.9 Å². The molecule has 0 saturated heterocycles. The lowest BCUT2D eigenvalue weighted by Crippen LogP contribution is -2.47. The first-order valence-electron chi connectivity index (χ1n) is 9.81. The summed E-state index contributed by atoms with van der Waals surface area (Å²) < 4.78 is 4.80. The average molecular weight is 442 g/mol. The summed E-state index contributed by atoms with van der Waals surface area (Å²) in [5, 5.41) is 46.9. The molecule has 0 saturated carbocycles. The normalized spacial score (nSPS) is 15.0. The van der Waals surface area contributed by atoms with Crippen LogP contribution in [0.15, 0.2) is 67.3 Å². The molecule has 8 heteroatoms. The Labute approximate surface area is 185 Å². The van der Waals surface area contributed by atoms with Crippen molar-refractivity contribution in [2.24, 2.45) is 0 Å². The van der Waals surface area contributed by atoms with Crippen LogP contribution >= 0.6 is 0 Å². The number of hydrogen-bond acceptors (Lipinski definition) is 8. The molecule has 0 radical (unpaired) electrons. The first-order chi connectivity index (χ1) is 15.2. The van der Waals surface area contributed by atoms with Crippen molar-refractivity contribution in [1.29, 1.82) is 0 Å². The number of ketones is 1. The molecule has 1 unspecified atom stereocenters. The van der Waals surface area contributed by atoms with E-state index in [-0.39, 0.29) is 5.78 Å². The first kappa shape index (κ1) is 25.1. The lowest BCUT2D eigenvalue weighted by atomic mass is 9.97. The lowest BCUT2D eigenvalue weighted by Gasteiger charge is -2.25. The van der Waals surface area contributed by atoms with Gasteiger partial charge in [-0.1, -0.05) is 61.2 Å². The van der Waals surface area contributed by atoms with Crippen LogP contribution in [-0.4, -0.2) is 74.9 Å². The predicted molar refractivity (Wildman–Crippen MR) is 117 cm³/mol. The molecule has 0 amide bonds. The number of aliphatic hydroxyl groups excluding tert-OH is 5. The molecule has 0 aliphatic heterocycles. The molecule has 2 aromatic rings. The van der Waals surface area contributed by atoms with Crippen LogP contribution in [0.5, 0.6) is 0 Å². The zero-order valence-corrected chi connectivity index (χ0v) is 17.2. The molecule has 0 aliphatic rings. The SMILES string of the molecule is C=C(C(=O)c1ccc(/C=C/C(=O)OC[C@H](O)C(O)[C@H](O)[C@H](O)CO)cc1)c1ccccc1. The van der Waals surface area contributed by atoms with Gasteiger partial charge in [0.25, 0.3) is 0 Å². The van der Waals surface area contributed by atoms with Crippen molar-refractivity contribution in [3.05, 3.63) is 83.9 Å². The highest BCUT2D eigenvalue weighted by Gasteiger charge is 2.30. The van der Waals surface area contributed by atoms with E-state index in [4.69, 9.17) is 9.84 Å². The number of carbonyl (C=O) groups is 2. The number of esters is 1. The third-order valence-corrected chi connectivity index (χ3v) is 4.70. The van der Waals surface area contributed by atoms with E-state index in [2.05, 4.69) is 6.58 Å². The van der Waals surface area contributed by atoms with Crippen molar-refractivity contribution in [1.82, 2.24) is 0 Å². The summed E-state index contributed by atoms with van der Waals surface area (Å²) >= 11 is 0. The van der Waals surface area contributed by atoms with Crippen molar-refractivity contribution >= 4 is 23.4 Å². The fourth-order valence-electron chi connectivity index (χ4n) is 2.73. The monoisotopic (exact) mass is 442 g/mol. The van der Waals surface area contributed by atoms with Gasteiger partial charge in [-0.25, -0.2) is 4.79 Å². The Morgan fingerprint density at radius 2 is 1.47 bits per heavy atom. The minimum absolute atomic E-state index is 0.216. The number of rotatable bonds is 11. The summed E-state index contributed by atoms with van der Waals surface area (Å²) in [4.78, 5) is 24.4. The molecule has 0 heterocycles. The first-order valence-corrected chi connectivity index (χ1v) is 9.81. The van der Waals surface area contributed by atoms with Crippen LogP contribution in [-0.2, 0) is 9.53 Å². The van der Waals surface area contributed by atoms with Gasteiger partial charge >= 0.3 is 5.97 Å². The van der Waals surface area contributed by atoms with Crippen molar-refractivity contribution in [3.63, 3.8) is 0 Å². The lowest BCUT2D eigenvalue weighted by molar-refractivity contribution is -0.151. The van der Waals surface area contributed by atoms with Gasteiger partial charge in [-0.05, 0) is 17.2 Å². The van der Waals surface area contributed by atoms with E-state index in [1.807, 2.05) is 18.2 Å². The number of carbonyl (C=O) groups excluding carboxylic acids is 2. The smallest absolute Gasteiger partial charge is 0.330 e. The number of aliphatic hydroxyl groups is 5. The van der Waals surface area contributed by atoms with Crippen molar-refractivity contribution in [3.8, 4) is 0 Å².